The number of aromatic nitrogens is 1. The van der Waals surface area contributed by atoms with Crippen molar-refractivity contribution in [2.45, 2.75) is 18.6 Å². The fourth-order valence-electron chi connectivity index (χ4n) is 2.16. The van der Waals surface area contributed by atoms with E-state index < -0.39 is 12.2 Å². The Morgan fingerprint density at radius 1 is 1.17 bits per heavy atom. The molecule has 0 saturated heterocycles. The molecule has 0 fully saturated rings. The zero-order chi connectivity index (χ0) is 12.5. The Balaban J connectivity index is 1.93. The maximum atomic E-state index is 10.1. The third kappa shape index (κ3) is 1.91. The molecule has 4 heteroatoms. The average molecular weight is 243 g/mol. The van der Waals surface area contributed by atoms with Crippen LogP contribution in [-0.4, -0.2) is 21.3 Å². The monoisotopic (exact) mass is 243 g/mol. The lowest BCUT2D eigenvalue weighted by Gasteiger charge is -2.30. The van der Waals surface area contributed by atoms with Gasteiger partial charge in [0.05, 0.1) is 5.69 Å². The summed E-state index contributed by atoms with van der Waals surface area (Å²) in [5, 5.41) is 19.4. The quantitative estimate of drug-likeness (QED) is 0.802. The molecule has 0 aliphatic carbocycles. The number of hydrogen-bond donors (Lipinski definition) is 2. The Hall–Kier alpha value is -2.07. The van der Waals surface area contributed by atoms with Crippen LogP contribution in [0, 0.1) is 0 Å². The molecule has 0 saturated carbocycles. The van der Waals surface area contributed by atoms with Crippen LogP contribution >= 0.6 is 0 Å². The molecule has 92 valence electrons. The van der Waals surface area contributed by atoms with E-state index >= 15 is 0 Å². The summed E-state index contributed by atoms with van der Waals surface area (Å²) in [6.45, 7) is 0. The summed E-state index contributed by atoms with van der Waals surface area (Å²) >= 11 is 0. The SMILES string of the molecule is Oc1ccc([C@@H]2Oc3cccnc3C[C@H]2O)cc1. The first-order valence-corrected chi connectivity index (χ1v) is 5.81. The maximum Gasteiger partial charge on any atom is 0.150 e. The number of aliphatic hydroxyl groups excluding tert-OH is 1. The van der Waals surface area contributed by atoms with Crippen LogP contribution in [0.1, 0.15) is 17.4 Å². The van der Waals surface area contributed by atoms with E-state index in [1.807, 2.05) is 12.1 Å². The first kappa shape index (κ1) is 11.0. The van der Waals surface area contributed by atoms with E-state index in [-0.39, 0.29) is 5.75 Å². The Morgan fingerprint density at radius 2 is 1.94 bits per heavy atom. The fraction of sp³-hybridized carbons (Fsp3) is 0.214. The molecule has 0 unspecified atom stereocenters. The van der Waals surface area contributed by atoms with Gasteiger partial charge in [-0.25, -0.2) is 0 Å². The van der Waals surface area contributed by atoms with Gasteiger partial charge in [-0.05, 0) is 29.8 Å². The van der Waals surface area contributed by atoms with Crippen molar-refractivity contribution in [3.05, 3.63) is 53.9 Å². The summed E-state index contributed by atoms with van der Waals surface area (Å²) in [6.07, 6.45) is 1.12. The smallest absolute Gasteiger partial charge is 0.150 e. The van der Waals surface area contributed by atoms with E-state index in [1.54, 1.807) is 30.5 Å². The third-order valence-electron chi connectivity index (χ3n) is 3.08. The number of phenolic OH excluding ortho intramolecular Hbond substituents is 1. The lowest BCUT2D eigenvalue weighted by atomic mass is 9.97. The summed E-state index contributed by atoms with van der Waals surface area (Å²) in [7, 11) is 0. The van der Waals surface area contributed by atoms with E-state index in [2.05, 4.69) is 4.98 Å². The molecule has 1 aliphatic heterocycles. The number of aromatic hydroxyl groups is 1. The Labute approximate surface area is 104 Å². The van der Waals surface area contributed by atoms with Crippen molar-refractivity contribution < 1.29 is 14.9 Å². The molecular formula is C14H13NO3. The topological polar surface area (TPSA) is 62.6 Å². The molecule has 0 spiro atoms. The number of aliphatic hydroxyl groups is 1. The normalized spacial score (nSPS) is 22.1. The summed E-state index contributed by atoms with van der Waals surface area (Å²) < 4.78 is 5.78. The third-order valence-corrected chi connectivity index (χ3v) is 3.08. The summed E-state index contributed by atoms with van der Waals surface area (Å²) in [4.78, 5) is 4.19. The lowest BCUT2D eigenvalue weighted by Crippen LogP contribution is -2.30. The first-order valence-electron chi connectivity index (χ1n) is 5.81. The molecule has 4 nitrogen and oxygen atoms in total. The van der Waals surface area contributed by atoms with Crippen molar-refractivity contribution in [1.82, 2.24) is 4.98 Å². The van der Waals surface area contributed by atoms with Crippen LogP contribution in [0.3, 0.4) is 0 Å². The number of ether oxygens (including phenoxy) is 1. The minimum Gasteiger partial charge on any atom is -0.508 e. The van der Waals surface area contributed by atoms with Crippen molar-refractivity contribution in [3.8, 4) is 11.5 Å². The summed E-state index contributed by atoms with van der Waals surface area (Å²) in [5.74, 6) is 0.909. The van der Waals surface area contributed by atoms with Crippen LogP contribution in [0.5, 0.6) is 11.5 Å². The number of phenols is 1. The lowest BCUT2D eigenvalue weighted by molar-refractivity contribution is 0.0192. The predicted octanol–water partition coefficient (Wildman–Crippen LogP) is 1.82. The van der Waals surface area contributed by atoms with E-state index in [0.29, 0.717) is 12.2 Å². The molecular weight excluding hydrogens is 230 g/mol. The number of nitrogens with zero attached hydrogens (tertiary/aromatic N) is 1. The highest BCUT2D eigenvalue weighted by Gasteiger charge is 2.30. The molecule has 2 N–H and O–H groups in total. The second-order valence-corrected chi connectivity index (χ2v) is 4.35. The van der Waals surface area contributed by atoms with Crippen LogP contribution in [0.15, 0.2) is 42.6 Å². The number of pyridine rings is 1. The van der Waals surface area contributed by atoms with E-state index in [0.717, 1.165) is 11.3 Å². The molecule has 0 radical (unpaired) electrons. The zero-order valence-corrected chi connectivity index (χ0v) is 9.65. The predicted molar refractivity (Wildman–Crippen MR) is 65.4 cm³/mol. The van der Waals surface area contributed by atoms with Crippen molar-refractivity contribution in [2.75, 3.05) is 0 Å². The Bertz CT molecular complexity index is 553. The van der Waals surface area contributed by atoms with Crippen LogP contribution < -0.4 is 4.74 Å². The fourth-order valence-corrected chi connectivity index (χ4v) is 2.16. The maximum absolute atomic E-state index is 10.1. The van der Waals surface area contributed by atoms with E-state index in [4.69, 9.17) is 4.74 Å². The molecule has 1 aliphatic rings. The van der Waals surface area contributed by atoms with E-state index in [1.165, 1.54) is 0 Å². The number of fused-ring (bicyclic) bond motifs is 1. The molecule has 2 atom stereocenters. The number of benzene rings is 1. The van der Waals surface area contributed by atoms with Crippen LogP contribution in [0.4, 0.5) is 0 Å². The van der Waals surface area contributed by atoms with E-state index in [9.17, 15) is 10.2 Å². The van der Waals surface area contributed by atoms with Crippen LogP contribution in [0.25, 0.3) is 0 Å². The van der Waals surface area contributed by atoms with Crippen molar-refractivity contribution >= 4 is 0 Å². The molecule has 0 amide bonds. The van der Waals surface area contributed by atoms with Gasteiger partial charge in [-0.3, -0.25) is 4.98 Å². The van der Waals surface area contributed by atoms with Gasteiger partial charge in [0, 0.05) is 12.6 Å². The van der Waals surface area contributed by atoms with Gasteiger partial charge in [0.15, 0.2) is 0 Å². The first-order chi connectivity index (χ1) is 8.74. The molecule has 0 bridgehead atoms. The van der Waals surface area contributed by atoms with Crippen molar-refractivity contribution in [1.29, 1.82) is 0 Å². The van der Waals surface area contributed by atoms with Gasteiger partial charge in [-0.1, -0.05) is 12.1 Å². The van der Waals surface area contributed by atoms with Gasteiger partial charge < -0.3 is 14.9 Å². The molecule has 2 aromatic rings. The highest BCUT2D eigenvalue weighted by atomic mass is 16.5. The van der Waals surface area contributed by atoms with Gasteiger partial charge >= 0.3 is 0 Å². The Kier molecular flexibility index (Phi) is 2.64. The highest BCUT2D eigenvalue weighted by molar-refractivity contribution is 5.34. The van der Waals surface area contributed by atoms with Gasteiger partial charge in [0.25, 0.3) is 0 Å². The zero-order valence-electron chi connectivity index (χ0n) is 9.65. The summed E-state index contributed by atoms with van der Waals surface area (Å²) in [6, 6.07) is 10.3. The minimum absolute atomic E-state index is 0.200. The Morgan fingerprint density at radius 3 is 2.72 bits per heavy atom. The molecule has 2 heterocycles. The minimum atomic E-state index is -0.628. The molecule has 3 rings (SSSR count). The van der Waals surface area contributed by atoms with Crippen molar-refractivity contribution in [3.63, 3.8) is 0 Å². The van der Waals surface area contributed by atoms with Gasteiger partial charge in [-0.15, -0.1) is 0 Å². The van der Waals surface area contributed by atoms with Gasteiger partial charge in [0.2, 0.25) is 0 Å². The number of hydrogen-bond acceptors (Lipinski definition) is 4. The molecule has 18 heavy (non-hydrogen) atoms. The van der Waals surface area contributed by atoms with Gasteiger partial charge in [-0.2, -0.15) is 0 Å². The summed E-state index contributed by atoms with van der Waals surface area (Å²) in [5.41, 5.74) is 1.62. The molecule has 1 aromatic heterocycles. The van der Waals surface area contributed by atoms with Crippen molar-refractivity contribution in [2.24, 2.45) is 0 Å². The number of rotatable bonds is 1. The second kappa shape index (κ2) is 4.31. The van der Waals surface area contributed by atoms with Crippen LogP contribution in [0.2, 0.25) is 0 Å². The van der Waals surface area contributed by atoms with Gasteiger partial charge in [0.1, 0.15) is 23.7 Å². The second-order valence-electron chi connectivity index (χ2n) is 4.35. The largest absolute Gasteiger partial charge is 0.508 e. The standard InChI is InChI=1S/C14H13NO3/c16-10-5-3-9(4-6-10)14-12(17)8-11-13(18-14)2-1-7-15-11/h1-7,12,14,16-17H,8H2/t12-,14+/m1/s1. The average Bonchev–Trinajstić information content (AvgIpc) is 2.39. The highest BCUT2D eigenvalue weighted by Crippen LogP contribution is 2.34. The molecule has 1 aromatic carbocycles. The van der Waals surface area contributed by atoms with Crippen LogP contribution in [-0.2, 0) is 6.42 Å².